The molecule has 0 N–H and O–H groups in total. The van der Waals surface area contributed by atoms with Gasteiger partial charge in [-0.15, -0.1) is 11.3 Å². The molecule has 0 spiro atoms. The summed E-state index contributed by atoms with van der Waals surface area (Å²) in [4.78, 5) is 32.6. The van der Waals surface area contributed by atoms with Crippen LogP contribution in [0.2, 0.25) is 0 Å². The van der Waals surface area contributed by atoms with Crippen molar-refractivity contribution in [2.24, 2.45) is 0 Å². The zero-order chi connectivity index (χ0) is 19.7. The van der Waals surface area contributed by atoms with Gasteiger partial charge in [-0.1, -0.05) is 54.6 Å². The highest BCUT2D eigenvalue weighted by Crippen LogP contribution is 2.31. The van der Waals surface area contributed by atoms with Gasteiger partial charge in [0.1, 0.15) is 15.9 Å². The van der Waals surface area contributed by atoms with Crippen molar-refractivity contribution < 1.29 is 14.3 Å². The molecule has 28 heavy (non-hydrogen) atoms. The van der Waals surface area contributed by atoms with Crippen molar-refractivity contribution >= 4 is 23.2 Å². The lowest BCUT2D eigenvalue weighted by Crippen LogP contribution is -2.49. The molecule has 0 saturated heterocycles. The largest absolute Gasteiger partial charge is 0.467 e. The maximum Gasteiger partial charge on any atom is 0.328 e. The van der Waals surface area contributed by atoms with E-state index in [2.05, 4.69) is 4.98 Å². The summed E-state index contributed by atoms with van der Waals surface area (Å²) < 4.78 is 4.98. The number of methoxy groups -OCH3 is 1. The number of thiazole rings is 1. The van der Waals surface area contributed by atoms with E-state index in [0.717, 1.165) is 21.7 Å². The van der Waals surface area contributed by atoms with Crippen LogP contribution in [-0.4, -0.2) is 34.9 Å². The number of amides is 1. The Hall–Kier alpha value is -2.99. The first-order chi connectivity index (χ1) is 13.6. The summed E-state index contributed by atoms with van der Waals surface area (Å²) in [6.45, 7) is 2.22. The van der Waals surface area contributed by atoms with Gasteiger partial charge in [-0.3, -0.25) is 4.79 Å². The van der Waals surface area contributed by atoms with Gasteiger partial charge in [-0.05, 0) is 18.1 Å². The lowest BCUT2D eigenvalue weighted by molar-refractivity contribution is -0.146. The number of hydrogen-bond acceptors (Lipinski definition) is 5. The normalized spacial score (nSPS) is 15.8. The predicted molar refractivity (Wildman–Crippen MR) is 108 cm³/mol. The van der Waals surface area contributed by atoms with Gasteiger partial charge in [0.25, 0.3) is 5.91 Å². The minimum atomic E-state index is -0.630. The third kappa shape index (κ3) is 3.31. The summed E-state index contributed by atoms with van der Waals surface area (Å²) in [5, 5.41) is 0.800. The number of fused-ring (bicyclic) bond motifs is 1. The lowest BCUT2D eigenvalue weighted by atomic mass is 9.93. The SMILES string of the molecule is COC(=O)C1Cc2ccccc2CN1C(=O)c1sc(-c2ccccc2)nc1C. The van der Waals surface area contributed by atoms with Crippen LogP contribution in [0.3, 0.4) is 0 Å². The molecule has 2 heterocycles. The number of rotatable bonds is 3. The summed E-state index contributed by atoms with van der Waals surface area (Å²) >= 11 is 1.36. The van der Waals surface area contributed by atoms with Crippen LogP contribution >= 0.6 is 11.3 Å². The van der Waals surface area contributed by atoms with Gasteiger partial charge in [0.05, 0.1) is 12.8 Å². The van der Waals surface area contributed by atoms with Gasteiger partial charge >= 0.3 is 5.97 Å². The smallest absolute Gasteiger partial charge is 0.328 e. The zero-order valence-corrected chi connectivity index (χ0v) is 16.5. The molecule has 1 aliphatic heterocycles. The van der Waals surface area contributed by atoms with Gasteiger partial charge in [0.2, 0.25) is 0 Å². The van der Waals surface area contributed by atoms with Gasteiger partial charge in [-0.25, -0.2) is 9.78 Å². The van der Waals surface area contributed by atoms with Crippen molar-refractivity contribution in [1.82, 2.24) is 9.88 Å². The topological polar surface area (TPSA) is 59.5 Å². The molecule has 0 bridgehead atoms. The standard InChI is InChI=1S/C22H20N2O3S/c1-14-19(28-20(23-14)15-8-4-3-5-9-15)21(25)24-13-17-11-7-6-10-16(17)12-18(24)22(26)27-2/h3-11,18H,12-13H2,1-2H3. The van der Waals surface area contributed by atoms with E-state index < -0.39 is 12.0 Å². The lowest BCUT2D eigenvalue weighted by Gasteiger charge is -2.35. The molecule has 0 aliphatic carbocycles. The third-order valence-electron chi connectivity index (χ3n) is 4.99. The van der Waals surface area contributed by atoms with E-state index in [0.29, 0.717) is 23.5 Å². The van der Waals surface area contributed by atoms with Crippen LogP contribution < -0.4 is 0 Å². The number of esters is 1. The molecule has 1 aromatic heterocycles. The average molecular weight is 392 g/mol. The van der Waals surface area contributed by atoms with E-state index in [1.165, 1.54) is 18.4 Å². The van der Waals surface area contributed by atoms with Crippen LogP contribution in [0.1, 0.15) is 26.5 Å². The number of aromatic nitrogens is 1. The Morgan fingerprint density at radius 2 is 1.75 bits per heavy atom. The average Bonchev–Trinajstić information content (AvgIpc) is 3.14. The van der Waals surface area contributed by atoms with Crippen LogP contribution in [-0.2, 0) is 22.5 Å². The molecule has 0 fully saturated rings. The molecule has 0 radical (unpaired) electrons. The molecule has 5 nitrogen and oxygen atoms in total. The number of nitrogens with zero attached hydrogens (tertiary/aromatic N) is 2. The third-order valence-corrected chi connectivity index (χ3v) is 6.19. The Bertz CT molecular complexity index is 1030. The van der Waals surface area contributed by atoms with Gasteiger partial charge in [-0.2, -0.15) is 0 Å². The van der Waals surface area contributed by atoms with E-state index in [1.54, 1.807) is 4.90 Å². The molecule has 4 rings (SSSR count). The van der Waals surface area contributed by atoms with Crippen molar-refractivity contribution in [3.8, 4) is 10.6 Å². The fourth-order valence-electron chi connectivity index (χ4n) is 3.51. The molecule has 0 saturated carbocycles. The first-order valence-electron chi connectivity index (χ1n) is 9.07. The Balaban J connectivity index is 1.70. The Kier molecular flexibility index (Phi) is 4.96. The second-order valence-electron chi connectivity index (χ2n) is 6.74. The van der Waals surface area contributed by atoms with Crippen LogP contribution in [0.4, 0.5) is 0 Å². The number of carbonyl (C=O) groups is 2. The fourth-order valence-corrected chi connectivity index (χ4v) is 4.54. The van der Waals surface area contributed by atoms with Crippen molar-refractivity contribution in [3.63, 3.8) is 0 Å². The number of ether oxygens (including phenoxy) is 1. The Morgan fingerprint density at radius 1 is 1.07 bits per heavy atom. The molecular weight excluding hydrogens is 372 g/mol. The predicted octanol–water partition coefficient (Wildman–Crippen LogP) is 3.86. The molecule has 6 heteroatoms. The van der Waals surface area contributed by atoms with Gasteiger partial charge < -0.3 is 9.64 Å². The second kappa shape index (κ2) is 7.56. The van der Waals surface area contributed by atoms with Crippen LogP contribution in [0, 0.1) is 6.92 Å². The van der Waals surface area contributed by atoms with E-state index >= 15 is 0 Å². The molecule has 142 valence electrons. The maximum atomic E-state index is 13.4. The van der Waals surface area contributed by atoms with Gasteiger partial charge in [0, 0.05) is 18.5 Å². The fraction of sp³-hybridized carbons (Fsp3) is 0.227. The van der Waals surface area contributed by atoms with E-state index in [-0.39, 0.29) is 5.91 Å². The summed E-state index contributed by atoms with van der Waals surface area (Å²) in [6, 6.07) is 17.1. The highest BCUT2D eigenvalue weighted by atomic mass is 32.1. The van der Waals surface area contributed by atoms with Crippen molar-refractivity contribution in [3.05, 3.63) is 76.3 Å². The Morgan fingerprint density at radius 3 is 2.46 bits per heavy atom. The number of benzene rings is 2. The minimum absolute atomic E-state index is 0.179. The molecule has 1 unspecified atom stereocenters. The quantitative estimate of drug-likeness (QED) is 0.635. The number of hydrogen-bond donors (Lipinski definition) is 0. The van der Waals surface area contributed by atoms with Crippen molar-refractivity contribution in [2.75, 3.05) is 7.11 Å². The second-order valence-corrected chi connectivity index (χ2v) is 7.74. The molecule has 1 atom stereocenters. The van der Waals surface area contributed by atoms with Crippen LogP contribution in [0.5, 0.6) is 0 Å². The minimum Gasteiger partial charge on any atom is -0.467 e. The molecule has 3 aromatic rings. The number of carbonyl (C=O) groups excluding carboxylic acids is 2. The van der Waals surface area contributed by atoms with E-state index in [9.17, 15) is 9.59 Å². The monoisotopic (exact) mass is 392 g/mol. The molecular formula is C22H20N2O3S. The zero-order valence-electron chi connectivity index (χ0n) is 15.7. The summed E-state index contributed by atoms with van der Waals surface area (Å²) in [5.41, 5.74) is 3.79. The van der Waals surface area contributed by atoms with Crippen LogP contribution in [0.25, 0.3) is 10.6 Å². The molecule has 1 amide bonds. The first-order valence-corrected chi connectivity index (χ1v) is 9.88. The summed E-state index contributed by atoms with van der Waals surface area (Å²) in [5.74, 6) is -0.574. The van der Waals surface area contributed by atoms with Crippen molar-refractivity contribution in [2.45, 2.75) is 25.9 Å². The molecule has 2 aromatic carbocycles. The highest BCUT2D eigenvalue weighted by molar-refractivity contribution is 7.17. The molecule has 1 aliphatic rings. The van der Waals surface area contributed by atoms with Gasteiger partial charge in [0.15, 0.2) is 0 Å². The first kappa shape index (κ1) is 18.4. The number of aryl methyl sites for hydroxylation is 1. The van der Waals surface area contributed by atoms with Crippen molar-refractivity contribution in [1.29, 1.82) is 0 Å². The van der Waals surface area contributed by atoms with E-state index in [1.807, 2.05) is 61.5 Å². The summed E-state index contributed by atoms with van der Waals surface area (Å²) in [6.07, 6.45) is 0.456. The van der Waals surface area contributed by atoms with E-state index in [4.69, 9.17) is 4.74 Å². The summed E-state index contributed by atoms with van der Waals surface area (Å²) in [7, 11) is 1.36. The maximum absolute atomic E-state index is 13.4. The highest BCUT2D eigenvalue weighted by Gasteiger charge is 2.37. The Labute approximate surface area is 167 Å². The van der Waals surface area contributed by atoms with Crippen LogP contribution in [0.15, 0.2) is 54.6 Å².